The van der Waals surface area contributed by atoms with Crippen LogP contribution in [0.1, 0.15) is 54.0 Å². The van der Waals surface area contributed by atoms with Crippen molar-refractivity contribution >= 4 is 5.97 Å². The van der Waals surface area contributed by atoms with Gasteiger partial charge in [-0.2, -0.15) is 0 Å². The van der Waals surface area contributed by atoms with Crippen LogP contribution in [-0.4, -0.2) is 37.1 Å². The minimum absolute atomic E-state index is 0. The number of carbonyl (C=O) groups excluding carboxylic acids is 1. The lowest BCUT2D eigenvalue weighted by molar-refractivity contribution is -0.150. The Labute approximate surface area is 227 Å². The van der Waals surface area contributed by atoms with Gasteiger partial charge in [0.05, 0.1) is 0 Å². The zero-order chi connectivity index (χ0) is 27.7. The van der Waals surface area contributed by atoms with Gasteiger partial charge in [-0.3, -0.25) is 5.32 Å². The van der Waals surface area contributed by atoms with Gasteiger partial charge in [-0.05, 0) is 75.8 Å². The number of aryl methyl sites for hydroxylation is 1. The molecule has 0 amide bonds. The molecule has 0 aromatic heterocycles. The van der Waals surface area contributed by atoms with Gasteiger partial charge in [0, 0.05) is 32.6 Å². The van der Waals surface area contributed by atoms with Gasteiger partial charge < -0.3 is 10.1 Å². The highest BCUT2D eigenvalue weighted by Crippen LogP contribution is 2.63. The Hall–Kier alpha value is -2.80. The molecule has 4 atom stereocenters. The summed E-state index contributed by atoms with van der Waals surface area (Å²) < 4.78 is 48.6. The number of hydrogen-bond donors (Lipinski definition) is 2. The second-order valence-corrected chi connectivity index (χ2v) is 11.7. The molecule has 210 valence electrons. The lowest BCUT2D eigenvalue weighted by atomic mass is 9.84. The maximum absolute atomic E-state index is 15.9. The van der Waals surface area contributed by atoms with Crippen molar-refractivity contribution in [3.63, 3.8) is 0 Å². The van der Waals surface area contributed by atoms with Crippen molar-refractivity contribution in [3.8, 4) is 11.1 Å². The topological polar surface area (TPSA) is 50.4 Å². The van der Waals surface area contributed by atoms with Crippen LogP contribution in [0.3, 0.4) is 0 Å². The van der Waals surface area contributed by atoms with Crippen molar-refractivity contribution in [1.82, 2.24) is 10.6 Å². The third-order valence-electron chi connectivity index (χ3n) is 8.01. The molecule has 0 heterocycles. The molecule has 4 nitrogen and oxygen atoms in total. The number of ether oxygens (including phenoxy) is 1. The van der Waals surface area contributed by atoms with Crippen LogP contribution < -0.4 is 10.6 Å². The van der Waals surface area contributed by atoms with Crippen molar-refractivity contribution in [3.05, 3.63) is 71.7 Å². The van der Waals surface area contributed by atoms with Crippen LogP contribution in [0.2, 0.25) is 0 Å². The molecule has 2 unspecified atom stereocenters. The standard InChI is InChI=1S/C31H39F3N2O2.2H2/c1-19-8-6-9-22(14-19)24-11-7-10-23(27(24)33)15-25-26(21(3)35-17-30(4,5)34)16-31(12-13-31)28(25)36-18-38-29(37)20(2)32;;/h6-11,14,20,25-26,28,35-36H,3,12-13,15-18H2,1-2,4-5H3;2*1H/t20?,25-,26?,28-;;/m1../s1. The zero-order valence-corrected chi connectivity index (χ0v) is 22.8. The average Bonchev–Trinajstić information content (AvgIpc) is 3.56. The monoisotopic (exact) mass is 532 g/mol. The summed E-state index contributed by atoms with van der Waals surface area (Å²) in [6.07, 6.45) is 1.52. The molecule has 4 rings (SSSR count). The van der Waals surface area contributed by atoms with Gasteiger partial charge in [0.2, 0.25) is 0 Å². The second-order valence-electron chi connectivity index (χ2n) is 11.7. The van der Waals surface area contributed by atoms with Gasteiger partial charge >= 0.3 is 5.97 Å². The molecule has 0 radical (unpaired) electrons. The molecule has 0 bridgehead atoms. The third kappa shape index (κ3) is 6.42. The Morgan fingerprint density at radius 3 is 2.61 bits per heavy atom. The summed E-state index contributed by atoms with van der Waals surface area (Å²) >= 11 is 0. The van der Waals surface area contributed by atoms with E-state index in [-0.39, 0.29) is 45.2 Å². The van der Waals surface area contributed by atoms with Crippen molar-refractivity contribution in [2.24, 2.45) is 17.3 Å². The van der Waals surface area contributed by atoms with Crippen molar-refractivity contribution in [2.45, 2.75) is 71.3 Å². The molecule has 2 aliphatic rings. The number of alkyl halides is 2. The normalized spacial score (nSPS) is 22.8. The van der Waals surface area contributed by atoms with Crippen LogP contribution in [0.15, 0.2) is 54.7 Å². The average molecular weight is 533 g/mol. The summed E-state index contributed by atoms with van der Waals surface area (Å²) in [7, 11) is 0. The van der Waals surface area contributed by atoms with E-state index < -0.39 is 17.8 Å². The number of benzene rings is 2. The second kappa shape index (κ2) is 11.1. The Morgan fingerprint density at radius 1 is 1.26 bits per heavy atom. The molecule has 0 aliphatic heterocycles. The number of rotatable bonds is 11. The van der Waals surface area contributed by atoms with Crippen LogP contribution in [0, 0.1) is 30.0 Å². The smallest absolute Gasteiger partial charge is 0.341 e. The number of carbonyl (C=O) groups is 1. The van der Waals surface area contributed by atoms with E-state index in [2.05, 4.69) is 17.2 Å². The van der Waals surface area contributed by atoms with E-state index in [0.717, 1.165) is 43.0 Å². The molecule has 2 aliphatic carbocycles. The molecule has 2 aromatic carbocycles. The molecule has 2 saturated carbocycles. The lowest BCUT2D eigenvalue weighted by Crippen LogP contribution is -2.43. The van der Waals surface area contributed by atoms with Gasteiger partial charge in [0.1, 0.15) is 18.2 Å². The number of halogens is 3. The molecule has 38 heavy (non-hydrogen) atoms. The van der Waals surface area contributed by atoms with E-state index >= 15 is 4.39 Å². The predicted molar refractivity (Wildman–Crippen MR) is 149 cm³/mol. The number of nitrogens with one attached hydrogen (secondary N) is 2. The first-order valence-corrected chi connectivity index (χ1v) is 13.4. The fourth-order valence-corrected chi connectivity index (χ4v) is 5.89. The van der Waals surface area contributed by atoms with Crippen molar-refractivity contribution < 1.29 is 25.6 Å². The third-order valence-corrected chi connectivity index (χ3v) is 8.01. The first kappa shape index (κ1) is 28.2. The molecule has 2 fully saturated rings. The number of allylic oxidation sites excluding steroid dienone is 1. The van der Waals surface area contributed by atoms with Crippen molar-refractivity contribution in [2.75, 3.05) is 13.3 Å². The van der Waals surface area contributed by atoms with Gasteiger partial charge in [0.25, 0.3) is 0 Å². The summed E-state index contributed by atoms with van der Waals surface area (Å²) in [5.41, 5.74) is 2.31. The van der Waals surface area contributed by atoms with Gasteiger partial charge in [-0.25, -0.2) is 18.0 Å². The molecule has 1 spiro atoms. The van der Waals surface area contributed by atoms with Crippen LogP contribution >= 0.6 is 0 Å². The Balaban J connectivity index is 0.00000280. The summed E-state index contributed by atoms with van der Waals surface area (Å²) in [5, 5.41) is 6.53. The van der Waals surface area contributed by atoms with E-state index in [1.165, 1.54) is 13.8 Å². The summed E-state index contributed by atoms with van der Waals surface area (Å²) in [5.74, 6) is -1.28. The summed E-state index contributed by atoms with van der Waals surface area (Å²) in [4.78, 5) is 11.7. The predicted octanol–water partition coefficient (Wildman–Crippen LogP) is 6.92. The van der Waals surface area contributed by atoms with E-state index in [1.807, 2.05) is 43.3 Å². The highest BCUT2D eigenvalue weighted by Gasteiger charge is 2.60. The number of hydrogen-bond acceptors (Lipinski definition) is 4. The molecular weight excluding hydrogens is 489 g/mol. The van der Waals surface area contributed by atoms with Crippen LogP contribution in [0.5, 0.6) is 0 Å². The van der Waals surface area contributed by atoms with Crippen LogP contribution in [-0.2, 0) is 16.0 Å². The van der Waals surface area contributed by atoms with Crippen molar-refractivity contribution in [1.29, 1.82) is 0 Å². The first-order chi connectivity index (χ1) is 17.9. The lowest BCUT2D eigenvalue weighted by Gasteiger charge is -2.30. The molecule has 0 saturated heterocycles. The number of esters is 1. The fourth-order valence-electron chi connectivity index (χ4n) is 5.89. The zero-order valence-electron chi connectivity index (χ0n) is 22.8. The van der Waals surface area contributed by atoms with Gasteiger partial charge in [-0.15, -0.1) is 0 Å². The molecular formula is C31H43F3N2O2. The summed E-state index contributed by atoms with van der Waals surface area (Å²) in [6.45, 7) is 10.4. The molecule has 2 N–H and O–H groups in total. The highest BCUT2D eigenvalue weighted by atomic mass is 19.1. The van der Waals surface area contributed by atoms with Crippen LogP contribution in [0.25, 0.3) is 11.1 Å². The van der Waals surface area contributed by atoms with Crippen LogP contribution in [0.4, 0.5) is 13.2 Å². The Bertz CT molecular complexity index is 1180. The highest BCUT2D eigenvalue weighted by molar-refractivity contribution is 5.73. The molecule has 2 aromatic rings. The van der Waals surface area contributed by atoms with E-state index in [0.29, 0.717) is 17.5 Å². The van der Waals surface area contributed by atoms with Gasteiger partial charge in [0.15, 0.2) is 6.17 Å². The Kier molecular flexibility index (Phi) is 8.26. The fraction of sp³-hybridized carbons (Fsp3) is 0.516. The minimum Gasteiger partial charge on any atom is -0.448 e. The molecule has 7 heteroatoms. The maximum Gasteiger partial charge on any atom is 0.341 e. The minimum atomic E-state index is -1.70. The largest absolute Gasteiger partial charge is 0.448 e. The SMILES string of the molecule is C=C(NCC(C)(C)F)C1CC2(CC2)[C@H](NCOC(=O)C(C)F)[C@@H]1Cc1cccc(-c2cccc(C)c2)c1F.[HH].[HH]. The quantitative estimate of drug-likeness (QED) is 0.244. The Morgan fingerprint density at radius 2 is 1.97 bits per heavy atom. The van der Waals surface area contributed by atoms with E-state index in [1.54, 1.807) is 6.07 Å². The van der Waals surface area contributed by atoms with Gasteiger partial charge in [-0.1, -0.05) is 54.6 Å². The summed E-state index contributed by atoms with van der Waals surface area (Å²) in [6, 6.07) is 13.2. The van der Waals surface area contributed by atoms with E-state index in [4.69, 9.17) is 4.74 Å². The van der Waals surface area contributed by atoms with E-state index in [9.17, 15) is 13.6 Å². The maximum atomic E-state index is 15.9. The first-order valence-electron chi connectivity index (χ1n) is 13.4.